The highest BCUT2D eigenvalue weighted by Crippen LogP contribution is 2.36. The molecular formula is C19H29NO4. The maximum Gasteiger partial charge on any atom is 0.161 e. The van der Waals surface area contributed by atoms with E-state index < -0.39 is 5.60 Å². The van der Waals surface area contributed by atoms with Gasteiger partial charge in [-0.15, -0.1) is 0 Å². The summed E-state index contributed by atoms with van der Waals surface area (Å²) in [5, 5.41) is 10.8. The second-order valence-electron chi connectivity index (χ2n) is 6.70. The van der Waals surface area contributed by atoms with Crippen LogP contribution in [0.25, 0.3) is 0 Å². The van der Waals surface area contributed by atoms with Gasteiger partial charge in [0.15, 0.2) is 11.5 Å². The van der Waals surface area contributed by atoms with Crippen LogP contribution in [0.4, 0.5) is 0 Å². The van der Waals surface area contributed by atoms with Gasteiger partial charge < -0.3 is 19.3 Å². The van der Waals surface area contributed by atoms with Gasteiger partial charge in [-0.1, -0.05) is 6.92 Å². The number of hydrogen-bond acceptors (Lipinski definition) is 5. The minimum Gasteiger partial charge on any atom is -0.493 e. The summed E-state index contributed by atoms with van der Waals surface area (Å²) in [4.78, 5) is 4.46. The third kappa shape index (κ3) is 4.71. The first-order valence-electron chi connectivity index (χ1n) is 8.52. The molecule has 1 aliphatic heterocycles. The number of nitrogens with zero attached hydrogens (tertiary/aromatic N) is 1. The van der Waals surface area contributed by atoms with Gasteiger partial charge in [0.25, 0.3) is 0 Å². The third-order valence-corrected chi connectivity index (χ3v) is 4.82. The highest BCUT2D eigenvalue weighted by atomic mass is 16.5. The number of aliphatic imine (C=N–C) groups is 1. The highest BCUT2D eigenvalue weighted by molar-refractivity contribution is 5.80. The minimum absolute atomic E-state index is 0.222. The molecule has 134 valence electrons. The van der Waals surface area contributed by atoms with Crippen molar-refractivity contribution in [1.29, 1.82) is 0 Å². The van der Waals surface area contributed by atoms with Gasteiger partial charge in [-0.2, -0.15) is 0 Å². The summed E-state index contributed by atoms with van der Waals surface area (Å²) < 4.78 is 16.3. The SMILES string of the molecule is CC[C@]1(C)C[C@@](O)(CCN=Cc2ccc(OC)c(OC)c2)CCO1. The molecule has 5 nitrogen and oxygen atoms in total. The Bertz CT molecular complexity index is 574. The number of methoxy groups -OCH3 is 2. The minimum atomic E-state index is -0.683. The molecule has 1 fully saturated rings. The van der Waals surface area contributed by atoms with Gasteiger partial charge >= 0.3 is 0 Å². The van der Waals surface area contributed by atoms with Crippen LogP contribution in [0.15, 0.2) is 23.2 Å². The Hall–Kier alpha value is -1.59. The summed E-state index contributed by atoms with van der Waals surface area (Å²) >= 11 is 0. The smallest absolute Gasteiger partial charge is 0.161 e. The number of aliphatic hydroxyl groups is 1. The third-order valence-electron chi connectivity index (χ3n) is 4.82. The van der Waals surface area contributed by atoms with Crippen molar-refractivity contribution in [1.82, 2.24) is 0 Å². The molecule has 0 aromatic heterocycles. The van der Waals surface area contributed by atoms with Crippen molar-refractivity contribution in [2.45, 2.75) is 50.7 Å². The van der Waals surface area contributed by atoms with E-state index >= 15 is 0 Å². The van der Waals surface area contributed by atoms with Gasteiger partial charge in [0, 0.05) is 19.2 Å². The molecule has 1 aromatic rings. The van der Waals surface area contributed by atoms with E-state index in [-0.39, 0.29) is 5.60 Å². The molecule has 1 N–H and O–H groups in total. The molecule has 1 aliphatic rings. The summed E-state index contributed by atoms with van der Waals surface area (Å²) in [5.74, 6) is 1.38. The maximum absolute atomic E-state index is 10.8. The van der Waals surface area contributed by atoms with Crippen LogP contribution in [0.5, 0.6) is 11.5 Å². The van der Waals surface area contributed by atoms with E-state index in [1.807, 2.05) is 24.4 Å². The first kappa shape index (κ1) is 18.7. The van der Waals surface area contributed by atoms with Gasteiger partial charge in [-0.3, -0.25) is 4.99 Å². The van der Waals surface area contributed by atoms with E-state index in [1.165, 1.54) is 0 Å². The van der Waals surface area contributed by atoms with Gasteiger partial charge in [0.1, 0.15) is 0 Å². The predicted molar refractivity (Wildman–Crippen MR) is 95.5 cm³/mol. The number of ether oxygens (including phenoxy) is 3. The van der Waals surface area contributed by atoms with E-state index in [0.717, 1.165) is 12.0 Å². The van der Waals surface area contributed by atoms with Gasteiger partial charge in [0.2, 0.25) is 0 Å². The Balaban J connectivity index is 1.92. The molecule has 0 amide bonds. The summed E-state index contributed by atoms with van der Waals surface area (Å²) in [6, 6.07) is 5.68. The predicted octanol–water partition coefficient (Wildman–Crippen LogP) is 3.22. The van der Waals surface area contributed by atoms with Crippen LogP contribution in [-0.2, 0) is 4.74 Å². The lowest BCUT2D eigenvalue weighted by Crippen LogP contribution is -2.47. The zero-order valence-corrected chi connectivity index (χ0v) is 15.2. The lowest BCUT2D eigenvalue weighted by molar-refractivity contribution is -0.154. The Morgan fingerprint density at radius 2 is 2.04 bits per heavy atom. The van der Waals surface area contributed by atoms with E-state index in [0.29, 0.717) is 43.9 Å². The van der Waals surface area contributed by atoms with Crippen LogP contribution in [0, 0.1) is 0 Å². The van der Waals surface area contributed by atoms with Gasteiger partial charge in [-0.05, 0) is 49.9 Å². The average molecular weight is 335 g/mol. The Morgan fingerprint density at radius 1 is 1.29 bits per heavy atom. The zero-order valence-electron chi connectivity index (χ0n) is 15.2. The van der Waals surface area contributed by atoms with Crippen molar-refractivity contribution in [2.75, 3.05) is 27.4 Å². The quantitative estimate of drug-likeness (QED) is 0.777. The Kier molecular flexibility index (Phi) is 6.24. The molecular weight excluding hydrogens is 306 g/mol. The van der Waals surface area contributed by atoms with Crippen LogP contribution in [0.2, 0.25) is 0 Å². The van der Waals surface area contributed by atoms with Crippen LogP contribution in [0.1, 0.15) is 45.1 Å². The molecule has 1 heterocycles. The van der Waals surface area contributed by atoms with Crippen molar-refractivity contribution < 1.29 is 19.3 Å². The molecule has 0 bridgehead atoms. The van der Waals surface area contributed by atoms with Crippen LogP contribution >= 0.6 is 0 Å². The lowest BCUT2D eigenvalue weighted by Gasteiger charge is -2.43. The standard InChI is InChI=1S/C19H29NO4/c1-5-18(2)14-19(21,9-11-24-18)8-10-20-13-15-6-7-16(22-3)17(12-15)23-4/h6-7,12-13,21H,5,8-11,14H2,1-4H3/t18-,19-/m1/s1. The normalized spacial score (nSPS) is 27.4. The van der Waals surface area contributed by atoms with Crippen LogP contribution in [0.3, 0.4) is 0 Å². The van der Waals surface area contributed by atoms with E-state index in [1.54, 1.807) is 14.2 Å². The first-order chi connectivity index (χ1) is 11.4. The van der Waals surface area contributed by atoms with Crippen molar-refractivity contribution in [3.63, 3.8) is 0 Å². The monoisotopic (exact) mass is 335 g/mol. The van der Waals surface area contributed by atoms with E-state index in [4.69, 9.17) is 14.2 Å². The molecule has 1 saturated heterocycles. The van der Waals surface area contributed by atoms with Crippen LogP contribution in [-0.4, -0.2) is 49.9 Å². The topological polar surface area (TPSA) is 60.3 Å². The van der Waals surface area contributed by atoms with Crippen molar-refractivity contribution in [3.8, 4) is 11.5 Å². The summed E-state index contributed by atoms with van der Waals surface area (Å²) in [7, 11) is 3.23. The molecule has 1 aromatic carbocycles. The second-order valence-corrected chi connectivity index (χ2v) is 6.70. The fourth-order valence-corrected chi connectivity index (χ4v) is 3.14. The summed E-state index contributed by atoms with van der Waals surface area (Å²) in [6.07, 6.45) is 4.71. The fourth-order valence-electron chi connectivity index (χ4n) is 3.14. The van der Waals surface area contributed by atoms with Crippen molar-refractivity contribution in [3.05, 3.63) is 23.8 Å². The maximum atomic E-state index is 10.8. The number of rotatable bonds is 7. The lowest BCUT2D eigenvalue weighted by atomic mass is 9.80. The fraction of sp³-hybridized carbons (Fsp3) is 0.632. The largest absolute Gasteiger partial charge is 0.493 e. The Morgan fingerprint density at radius 3 is 2.71 bits per heavy atom. The summed E-state index contributed by atoms with van der Waals surface area (Å²) in [6.45, 7) is 5.37. The molecule has 0 unspecified atom stereocenters. The second kappa shape index (κ2) is 7.99. The van der Waals surface area contributed by atoms with E-state index in [9.17, 15) is 5.11 Å². The molecule has 5 heteroatoms. The van der Waals surface area contributed by atoms with Crippen molar-refractivity contribution in [2.24, 2.45) is 4.99 Å². The van der Waals surface area contributed by atoms with Gasteiger partial charge in [0.05, 0.1) is 32.0 Å². The number of benzene rings is 1. The molecule has 2 rings (SSSR count). The molecule has 0 aliphatic carbocycles. The van der Waals surface area contributed by atoms with Gasteiger partial charge in [-0.25, -0.2) is 0 Å². The number of hydrogen-bond donors (Lipinski definition) is 1. The molecule has 0 radical (unpaired) electrons. The van der Waals surface area contributed by atoms with Crippen LogP contribution < -0.4 is 9.47 Å². The first-order valence-corrected chi connectivity index (χ1v) is 8.52. The average Bonchev–Trinajstić information content (AvgIpc) is 2.58. The zero-order chi connectivity index (χ0) is 17.6. The van der Waals surface area contributed by atoms with Crippen molar-refractivity contribution >= 4 is 6.21 Å². The van der Waals surface area contributed by atoms with E-state index in [2.05, 4.69) is 18.8 Å². The highest BCUT2D eigenvalue weighted by Gasteiger charge is 2.40. The Labute approximate surface area is 144 Å². The molecule has 0 spiro atoms. The molecule has 0 saturated carbocycles. The molecule has 24 heavy (non-hydrogen) atoms. The molecule has 2 atom stereocenters. The summed E-state index contributed by atoms with van der Waals surface area (Å²) in [5.41, 5.74) is 0.0443.